The predicted octanol–water partition coefficient (Wildman–Crippen LogP) is 5.23. The maximum atomic E-state index is 11.9. The summed E-state index contributed by atoms with van der Waals surface area (Å²) in [6.07, 6.45) is -0.472. The minimum Gasteiger partial charge on any atom is -0.508 e. The molecule has 0 spiro atoms. The highest BCUT2D eigenvalue weighted by atomic mass is 16.6. The Morgan fingerprint density at radius 1 is 0.805 bits per heavy atom. The van der Waals surface area contributed by atoms with Gasteiger partial charge in [0.2, 0.25) is 0 Å². The van der Waals surface area contributed by atoms with Crippen molar-refractivity contribution >= 4 is 11.6 Å². The first-order chi connectivity index (χ1) is 19.8. The van der Waals surface area contributed by atoms with Crippen LogP contribution in [0.5, 0.6) is 17.2 Å². The number of hydrogen-bond acceptors (Lipinski definition) is 8. The zero-order chi connectivity index (χ0) is 29.4. The summed E-state index contributed by atoms with van der Waals surface area (Å²) in [4.78, 5) is 26.0. The molecule has 4 atom stereocenters. The third-order valence-electron chi connectivity index (χ3n) is 7.40. The average molecular weight is 562 g/mol. The lowest BCUT2D eigenvalue weighted by atomic mass is 10.0. The van der Waals surface area contributed by atoms with Crippen LogP contribution in [0.4, 0.5) is 0 Å². The van der Waals surface area contributed by atoms with Gasteiger partial charge in [0.05, 0.1) is 6.10 Å². The normalized spacial score (nSPS) is 18.8. The van der Waals surface area contributed by atoms with E-state index in [0.717, 1.165) is 0 Å². The molecule has 4 rings (SSSR count). The molecule has 8 heteroatoms. The van der Waals surface area contributed by atoms with E-state index in [-0.39, 0.29) is 48.8 Å². The fourth-order valence-corrected chi connectivity index (χ4v) is 4.88. The first-order valence-corrected chi connectivity index (χ1v) is 14.2. The molecule has 218 valence electrons. The number of hydrogen-bond donors (Lipinski definition) is 2. The van der Waals surface area contributed by atoms with Gasteiger partial charge in [0.15, 0.2) is 11.6 Å². The number of carbonyl (C=O) groups excluding carboxylic acids is 2. The topological polar surface area (TPSA) is 106 Å². The molecule has 41 heavy (non-hydrogen) atoms. The first-order valence-electron chi connectivity index (χ1n) is 14.2. The molecule has 1 heterocycles. The molecule has 0 radical (unpaired) electrons. The Bertz CT molecular complexity index is 1200. The third-order valence-corrected chi connectivity index (χ3v) is 7.40. The fourth-order valence-electron chi connectivity index (χ4n) is 4.88. The van der Waals surface area contributed by atoms with Crippen LogP contribution in [0.3, 0.4) is 0 Å². The highest BCUT2D eigenvalue weighted by Gasteiger charge is 2.34. The van der Waals surface area contributed by atoms with E-state index < -0.39 is 6.10 Å². The van der Waals surface area contributed by atoms with E-state index in [0.29, 0.717) is 54.1 Å². The van der Waals surface area contributed by atoms with Crippen molar-refractivity contribution in [1.29, 1.82) is 0 Å². The van der Waals surface area contributed by atoms with Crippen LogP contribution >= 0.6 is 0 Å². The van der Waals surface area contributed by atoms with Gasteiger partial charge < -0.3 is 24.4 Å². The summed E-state index contributed by atoms with van der Waals surface area (Å²) < 4.78 is 18.4. The molecule has 3 aromatic rings. The van der Waals surface area contributed by atoms with E-state index >= 15 is 0 Å². The van der Waals surface area contributed by atoms with Crippen molar-refractivity contribution in [3.8, 4) is 17.2 Å². The van der Waals surface area contributed by atoms with Gasteiger partial charge in [-0.2, -0.15) is 0 Å². The molecule has 1 aliphatic rings. The molecule has 1 aliphatic heterocycles. The highest BCUT2D eigenvalue weighted by Crippen LogP contribution is 2.26. The lowest BCUT2D eigenvalue weighted by molar-refractivity contribution is -0.128. The molecule has 0 aromatic heterocycles. The van der Waals surface area contributed by atoms with Crippen LogP contribution in [-0.4, -0.2) is 71.2 Å². The van der Waals surface area contributed by atoms with Crippen molar-refractivity contribution < 1.29 is 34.0 Å². The highest BCUT2D eigenvalue weighted by molar-refractivity contribution is 5.96. The molecule has 1 saturated heterocycles. The van der Waals surface area contributed by atoms with Gasteiger partial charge in [0.25, 0.3) is 0 Å². The summed E-state index contributed by atoms with van der Waals surface area (Å²) in [5.41, 5.74) is 2.02. The molecule has 3 aromatic carbocycles. The SMILES string of the molecule is CCC(=O)c1ccc(OC[C@@H]2CN([C@@H](C)[C@@H](O)c3ccc(O)cc3)C[C@@H](COc3ccc(C(=O)CC)cc3)O2)cc1. The maximum Gasteiger partial charge on any atom is 0.162 e. The Morgan fingerprint density at radius 3 is 1.66 bits per heavy atom. The molecule has 0 aliphatic carbocycles. The molecule has 0 bridgehead atoms. The van der Waals surface area contributed by atoms with E-state index in [1.54, 1.807) is 72.8 Å². The lowest BCUT2D eigenvalue weighted by Gasteiger charge is -2.42. The van der Waals surface area contributed by atoms with E-state index in [1.165, 1.54) is 0 Å². The smallest absolute Gasteiger partial charge is 0.162 e. The van der Waals surface area contributed by atoms with Gasteiger partial charge in [-0.25, -0.2) is 0 Å². The zero-order valence-electron chi connectivity index (χ0n) is 23.9. The van der Waals surface area contributed by atoms with Gasteiger partial charge in [-0.15, -0.1) is 0 Å². The van der Waals surface area contributed by atoms with E-state index in [9.17, 15) is 19.8 Å². The second-order valence-electron chi connectivity index (χ2n) is 10.3. The van der Waals surface area contributed by atoms with Gasteiger partial charge in [-0.1, -0.05) is 26.0 Å². The van der Waals surface area contributed by atoms with Crippen molar-refractivity contribution in [3.63, 3.8) is 0 Å². The third kappa shape index (κ3) is 8.16. The molecular weight excluding hydrogens is 522 g/mol. The molecule has 0 unspecified atom stereocenters. The molecule has 0 amide bonds. The van der Waals surface area contributed by atoms with E-state index in [4.69, 9.17) is 14.2 Å². The van der Waals surface area contributed by atoms with Crippen molar-refractivity contribution in [3.05, 3.63) is 89.5 Å². The van der Waals surface area contributed by atoms with Crippen molar-refractivity contribution in [2.24, 2.45) is 0 Å². The largest absolute Gasteiger partial charge is 0.508 e. The van der Waals surface area contributed by atoms with Gasteiger partial charge in [-0.05, 0) is 73.2 Å². The van der Waals surface area contributed by atoms with Crippen molar-refractivity contribution in [2.75, 3.05) is 26.3 Å². The van der Waals surface area contributed by atoms with E-state index in [2.05, 4.69) is 4.90 Å². The van der Waals surface area contributed by atoms with Gasteiger partial charge in [0.1, 0.15) is 42.7 Å². The van der Waals surface area contributed by atoms with Crippen LogP contribution < -0.4 is 9.47 Å². The van der Waals surface area contributed by atoms with Crippen LogP contribution in [0.15, 0.2) is 72.8 Å². The predicted molar refractivity (Wildman–Crippen MR) is 156 cm³/mol. The van der Waals surface area contributed by atoms with Crippen molar-refractivity contribution in [1.82, 2.24) is 4.90 Å². The number of phenolic OH excluding ortho intramolecular Hbond substituents is 1. The van der Waals surface area contributed by atoms with Gasteiger partial charge in [-0.3, -0.25) is 14.5 Å². The van der Waals surface area contributed by atoms with E-state index in [1.807, 2.05) is 20.8 Å². The van der Waals surface area contributed by atoms with Gasteiger partial charge in [0, 0.05) is 43.1 Å². The number of Topliss-reactive ketones (excluding diaryl/α,β-unsaturated/α-hetero) is 2. The van der Waals surface area contributed by atoms with Crippen LogP contribution in [0.1, 0.15) is 66.0 Å². The van der Waals surface area contributed by atoms with Gasteiger partial charge >= 0.3 is 0 Å². The summed E-state index contributed by atoms with van der Waals surface area (Å²) in [6.45, 7) is 7.27. The number of phenols is 1. The Labute approximate surface area is 241 Å². The molecular formula is C33H39NO7. The van der Waals surface area contributed by atoms with Crippen LogP contribution in [0.2, 0.25) is 0 Å². The number of aliphatic hydroxyl groups excluding tert-OH is 1. The number of aromatic hydroxyl groups is 1. The van der Waals surface area contributed by atoms with Crippen molar-refractivity contribution in [2.45, 2.75) is 58.0 Å². The number of ketones is 2. The summed E-state index contributed by atoms with van der Waals surface area (Å²) in [6, 6.07) is 20.5. The summed E-state index contributed by atoms with van der Waals surface area (Å²) in [5, 5.41) is 20.8. The standard InChI is InChI=1S/C33H39NO7/c1-4-31(36)23-8-14-27(15-9-23)39-20-29-18-34(22(3)33(38)25-6-12-26(35)13-7-25)19-30(41-29)21-40-28-16-10-24(11-17-28)32(37)5-2/h6-17,22,29-30,33,35,38H,4-5,18-21H2,1-3H3/t22-,29-,30-,33+/m0/s1. The second kappa shape index (κ2) is 14.3. The Kier molecular flexibility index (Phi) is 10.5. The fraction of sp³-hybridized carbons (Fsp3) is 0.394. The first kappa shape index (κ1) is 30.2. The molecule has 1 fully saturated rings. The number of nitrogens with zero attached hydrogens (tertiary/aromatic N) is 1. The minimum absolute atomic E-state index is 0.0819. The number of aliphatic hydroxyl groups is 1. The molecule has 8 nitrogen and oxygen atoms in total. The summed E-state index contributed by atoms with van der Waals surface area (Å²) in [5.74, 6) is 1.60. The Morgan fingerprint density at radius 2 is 1.24 bits per heavy atom. The Hall–Kier alpha value is -3.72. The number of benzene rings is 3. The second-order valence-corrected chi connectivity index (χ2v) is 10.3. The van der Waals surface area contributed by atoms with Crippen LogP contribution in [0, 0.1) is 0 Å². The number of morpholine rings is 1. The summed E-state index contributed by atoms with van der Waals surface area (Å²) in [7, 11) is 0. The quantitative estimate of drug-likeness (QED) is 0.274. The lowest BCUT2D eigenvalue weighted by Crippen LogP contribution is -2.55. The van der Waals surface area contributed by atoms with Crippen LogP contribution in [0.25, 0.3) is 0 Å². The zero-order valence-corrected chi connectivity index (χ0v) is 23.9. The number of ether oxygens (including phenoxy) is 3. The monoisotopic (exact) mass is 561 g/mol. The van der Waals surface area contributed by atoms with Crippen LogP contribution in [-0.2, 0) is 4.74 Å². The molecule has 0 saturated carbocycles. The average Bonchev–Trinajstić information content (AvgIpc) is 3.02. The number of rotatable bonds is 13. The number of carbonyl (C=O) groups is 2. The maximum absolute atomic E-state index is 11.9. The molecule has 2 N–H and O–H groups in total. The Balaban J connectivity index is 1.43. The minimum atomic E-state index is -0.774. The summed E-state index contributed by atoms with van der Waals surface area (Å²) >= 11 is 0.